The number of thioether (sulfide) groups is 1. The molecule has 13 heteroatoms. The van der Waals surface area contributed by atoms with E-state index in [0.29, 0.717) is 57.1 Å². The molecular formula is C39H38N4O7S2. The second-order valence-electron chi connectivity index (χ2n) is 11.1. The summed E-state index contributed by atoms with van der Waals surface area (Å²) < 4.78 is 21.9. The molecule has 0 fully saturated rings. The fourth-order valence-electron chi connectivity index (χ4n) is 5.09. The summed E-state index contributed by atoms with van der Waals surface area (Å²) in [5, 5.41) is 10.5. The van der Waals surface area contributed by atoms with Crippen LogP contribution in [0.2, 0.25) is 0 Å². The molecule has 3 amide bonds. The number of nitrogens with one attached hydrogen (secondary N) is 3. The van der Waals surface area contributed by atoms with Gasteiger partial charge in [-0.3, -0.25) is 14.4 Å². The van der Waals surface area contributed by atoms with Gasteiger partial charge in [0.15, 0.2) is 16.6 Å². The Hall–Kier alpha value is -5.79. The van der Waals surface area contributed by atoms with Crippen molar-refractivity contribution in [1.29, 1.82) is 0 Å². The molecule has 1 heterocycles. The van der Waals surface area contributed by atoms with Crippen molar-refractivity contribution in [3.8, 4) is 34.3 Å². The van der Waals surface area contributed by atoms with Crippen molar-refractivity contribution in [3.63, 3.8) is 0 Å². The van der Waals surface area contributed by atoms with Crippen molar-refractivity contribution in [3.05, 3.63) is 113 Å². The van der Waals surface area contributed by atoms with E-state index < -0.39 is 17.1 Å². The number of ether oxygens (including phenoxy) is 4. The van der Waals surface area contributed by atoms with Gasteiger partial charge in [0.05, 0.1) is 39.4 Å². The van der Waals surface area contributed by atoms with Crippen LogP contribution in [-0.2, 0) is 9.59 Å². The first-order valence-corrected chi connectivity index (χ1v) is 17.9. The van der Waals surface area contributed by atoms with E-state index in [1.807, 2.05) is 42.6 Å². The number of methoxy groups -OCH3 is 4. The molecule has 1 unspecified atom stereocenters. The Morgan fingerprint density at radius 2 is 1.48 bits per heavy atom. The van der Waals surface area contributed by atoms with Gasteiger partial charge in [-0.25, -0.2) is 4.98 Å². The molecule has 0 aliphatic rings. The Morgan fingerprint density at radius 3 is 2.19 bits per heavy atom. The molecule has 3 N–H and O–H groups in total. The smallest absolute Gasteiger partial charge is 0.272 e. The highest BCUT2D eigenvalue weighted by Crippen LogP contribution is 2.36. The summed E-state index contributed by atoms with van der Waals surface area (Å²) in [5.74, 6) is 0.693. The zero-order valence-corrected chi connectivity index (χ0v) is 30.9. The summed E-state index contributed by atoms with van der Waals surface area (Å²) in [5.41, 5.74) is 2.80. The van der Waals surface area contributed by atoms with Crippen molar-refractivity contribution in [2.45, 2.75) is 23.5 Å². The molecule has 0 aliphatic carbocycles. The van der Waals surface area contributed by atoms with Crippen LogP contribution in [0, 0.1) is 0 Å². The lowest BCUT2D eigenvalue weighted by molar-refractivity contribution is -0.116. The standard InChI is InChI=1S/C39H38N4O7S2/c1-6-35(38(46)43-39-42-30(23-51-39)28-17-10-11-18-31(28)47-2)52-27-16-12-15-26(21-27)40-37(45)29(41-36(44)24-13-8-7-9-14-24)19-25-20-33(49-4)34(50-5)22-32(25)48-3/h7-23,35H,6H2,1-5H3,(H,40,45)(H,41,44)(H,42,43,46)/b29-19+. The van der Waals surface area contributed by atoms with Gasteiger partial charge >= 0.3 is 0 Å². The minimum atomic E-state index is -0.581. The predicted octanol–water partition coefficient (Wildman–Crippen LogP) is 7.76. The van der Waals surface area contributed by atoms with E-state index in [2.05, 4.69) is 20.9 Å². The largest absolute Gasteiger partial charge is 0.496 e. The lowest BCUT2D eigenvalue weighted by Crippen LogP contribution is -2.30. The van der Waals surface area contributed by atoms with Gasteiger partial charge in [0.1, 0.15) is 17.2 Å². The molecule has 0 saturated carbocycles. The lowest BCUT2D eigenvalue weighted by atomic mass is 10.1. The molecule has 4 aromatic carbocycles. The van der Waals surface area contributed by atoms with E-state index in [9.17, 15) is 14.4 Å². The van der Waals surface area contributed by atoms with Gasteiger partial charge in [0, 0.05) is 38.7 Å². The molecule has 0 bridgehead atoms. The third-order valence-corrected chi connectivity index (χ3v) is 9.83. The van der Waals surface area contributed by atoms with Crippen LogP contribution < -0.4 is 34.9 Å². The molecular weight excluding hydrogens is 701 g/mol. The molecule has 0 spiro atoms. The van der Waals surface area contributed by atoms with E-state index in [1.165, 1.54) is 50.5 Å². The average molecular weight is 739 g/mol. The van der Waals surface area contributed by atoms with Crippen LogP contribution in [0.15, 0.2) is 107 Å². The molecule has 5 aromatic rings. The molecule has 0 radical (unpaired) electrons. The Morgan fingerprint density at radius 1 is 0.788 bits per heavy atom. The first-order valence-electron chi connectivity index (χ1n) is 16.1. The molecule has 5 rings (SSSR count). The monoisotopic (exact) mass is 738 g/mol. The van der Waals surface area contributed by atoms with Crippen LogP contribution in [0.4, 0.5) is 10.8 Å². The maximum absolute atomic E-state index is 13.8. The van der Waals surface area contributed by atoms with E-state index in [4.69, 9.17) is 18.9 Å². The summed E-state index contributed by atoms with van der Waals surface area (Å²) in [6, 6.07) is 26.6. The fraction of sp³-hybridized carbons (Fsp3) is 0.179. The van der Waals surface area contributed by atoms with Crippen molar-refractivity contribution >= 4 is 57.7 Å². The van der Waals surface area contributed by atoms with Crippen LogP contribution >= 0.6 is 23.1 Å². The van der Waals surface area contributed by atoms with Crippen LogP contribution in [0.5, 0.6) is 23.0 Å². The molecule has 268 valence electrons. The van der Waals surface area contributed by atoms with Crippen LogP contribution in [0.25, 0.3) is 17.3 Å². The zero-order valence-electron chi connectivity index (χ0n) is 29.2. The van der Waals surface area contributed by atoms with Gasteiger partial charge < -0.3 is 34.9 Å². The van der Waals surface area contributed by atoms with Gasteiger partial charge in [-0.2, -0.15) is 0 Å². The third kappa shape index (κ3) is 9.30. The topological polar surface area (TPSA) is 137 Å². The number of carbonyl (C=O) groups is 3. The molecule has 0 saturated heterocycles. The van der Waals surface area contributed by atoms with Crippen molar-refractivity contribution in [2.75, 3.05) is 39.1 Å². The number of thiazole rings is 1. The molecule has 1 aromatic heterocycles. The normalized spacial score (nSPS) is 11.6. The number of carbonyl (C=O) groups excluding carboxylic acids is 3. The summed E-state index contributed by atoms with van der Waals surface area (Å²) >= 11 is 2.70. The Bertz CT molecular complexity index is 2070. The second-order valence-corrected chi connectivity index (χ2v) is 13.2. The minimum absolute atomic E-state index is 0.0424. The minimum Gasteiger partial charge on any atom is -0.496 e. The maximum atomic E-state index is 13.8. The lowest BCUT2D eigenvalue weighted by Gasteiger charge is -2.16. The molecule has 52 heavy (non-hydrogen) atoms. The molecule has 11 nitrogen and oxygen atoms in total. The Labute approximate surface area is 310 Å². The van der Waals surface area contributed by atoms with Crippen LogP contribution in [0.1, 0.15) is 29.3 Å². The number of hydrogen-bond donors (Lipinski definition) is 3. The van der Waals surface area contributed by atoms with E-state index in [-0.39, 0.29) is 11.6 Å². The summed E-state index contributed by atoms with van der Waals surface area (Å²) in [6.45, 7) is 1.93. The van der Waals surface area contributed by atoms with Gasteiger partial charge in [-0.15, -0.1) is 23.1 Å². The van der Waals surface area contributed by atoms with Crippen LogP contribution in [0.3, 0.4) is 0 Å². The van der Waals surface area contributed by atoms with E-state index in [1.54, 1.807) is 67.8 Å². The van der Waals surface area contributed by atoms with Crippen molar-refractivity contribution in [2.24, 2.45) is 0 Å². The SMILES string of the molecule is CCC(Sc1cccc(NC(=O)/C(=C\c2cc(OC)c(OC)cc2OC)NC(=O)c2ccccc2)c1)C(=O)Nc1nc(-c2ccccc2OC)cs1. The van der Waals surface area contributed by atoms with Crippen molar-refractivity contribution in [1.82, 2.24) is 10.3 Å². The number of hydrogen-bond acceptors (Lipinski definition) is 10. The summed E-state index contributed by atoms with van der Waals surface area (Å²) in [6.07, 6.45) is 2.05. The predicted molar refractivity (Wildman–Crippen MR) is 206 cm³/mol. The maximum Gasteiger partial charge on any atom is 0.272 e. The first-order chi connectivity index (χ1) is 25.3. The highest BCUT2D eigenvalue weighted by molar-refractivity contribution is 8.00. The Balaban J connectivity index is 1.34. The molecule has 0 aliphatic heterocycles. The van der Waals surface area contributed by atoms with Gasteiger partial charge in [0.2, 0.25) is 5.91 Å². The molecule has 1 atom stereocenters. The number of nitrogens with zero attached hydrogens (tertiary/aromatic N) is 1. The number of para-hydroxylation sites is 1. The number of aromatic nitrogens is 1. The summed E-state index contributed by atoms with van der Waals surface area (Å²) in [7, 11) is 6.10. The number of amides is 3. The highest BCUT2D eigenvalue weighted by atomic mass is 32.2. The summed E-state index contributed by atoms with van der Waals surface area (Å²) in [4.78, 5) is 45.8. The zero-order chi connectivity index (χ0) is 37.0. The third-order valence-electron chi connectivity index (χ3n) is 7.72. The Kier molecular flexibility index (Phi) is 12.9. The number of benzene rings is 4. The fourth-order valence-corrected chi connectivity index (χ4v) is 6.82. The van der Waals surface area contributed by atoms with Gasteiger partial charge in [0.25, 0.3) is 11.8 Å². The van der Waals surface area contributed by atoms with Gasteiger partial charge in [-0.05, 0) is 61.0 Å². The van der Waals surface area contributed by atoms with Crippen molar-refractivity contribution < 1.29 is 33.3 Å². The average Bonchev–Trinajstić information content (AvgIpc) is 3.64. The van der Waals surface area contributed by atoms with Crippen LogP contribution in [-0.4, -0.2) is 56.4 Å². The quantitative estimate of drug-likeness (QED) is 0.0727. The number of anilines is 2. The first kappa shape index (κ1) is 37.5. The second kappa shape index (κ2) is 17.9. The number of rotatable bonds is 15. The highest BCUT2D eigenvalue weighted by Gasteiger charge is 2.22. The van der Waals surface area contributed by atoms with Gasteiger partial charge in [-0.1, -0.05) is 43.3 Å². The van der Waals surface area contributed by atoms with E-state index >= 15 is 0 Å². The van der Waals surface area contributed by atoms with E-state index in [0.717, 1.165) is 10.5 Å².